The minimum Gasteiger partial charge on any atom is -0.325 e. The van der Waals surface area contributed by atoms with Crippen LogP contribution in [0.1, 0.15) is 39.5 Å². The first-order valence-electron chi connectivity index (χ1n) is 4.02. The van der Waals surface area contributed by atoms with Crippen LogP contribution in [0.4, 0.5) is 0 Å². The Morgan fingerprint density at radius 2 is 2.00 bits per heavy atom. The van der Waals surface area contributed by atoms with Crippen LogP contribution in [0.5, 0.6) is 0 Å². The molecule has 0 aromatic heterocycles. The lowest BCUT2D eigenvalue weighted by molar-refractivity contribution is 0.457. The highest BCUT2D eigenvalue weighted by atomic mass is 32.1. The van der Waals surface area contributed by atoms with E-state index in [-0.39, 0.29) is 5.54 Å². The Morgan fingerprint density at radius 3 is 2.40 bits per heavy atom. The van der Waals surface area contributed by atoms with Gasteiger partial charge >= 0.3 is 0 Å². The van der Waals surface area contributed by atoms with Gasteiger partial charge in [0, 0.05) is 11.3 Å². The minimum absolute atomic E-state index is 0.0434. The summed E-state index contributed by atoms with van der Waals surface area (Å²) in [6.45, 7) is 4.27. The first kappa shape index (κ1) is 10.3. The van der Waals surface area contributed by atoms with Crippen LogP contribution in [-0.2, 0) is 0 Å². The third-order valence-corrected chi connectivity index (χ3v) is 2.44. The third-order valence-electron chi connectivity index (χ3n) is 1.71. The smallest absolute Gasteiger partial charge is 0.0214 e. The molecule has 0 saturated heterocycles. The van der Waals surface area contributed by atoms with Crippen LogP contribution < -0.4 is 5.73 Å². The molecule has 62 valence electrons. The molecule has 0 aliphatic rings. The number of hydrogen-bond acceptors (Lipinski definition) is 2. The van der Waals surface area contributed by atoms with Crippen LogP contribution in [0.2, 0.25) is 0 Å². The van der Waals surface area contributed by atoms with Gasteiger partial charge < -0.3 is 5.73 Å². The van der Waals surface area contributed by atoms with Gasteiger partial charge in [-0.25, -0.2) is 0 Å². The van der Waals surface area contributed by atoms with Crippen LogP contribution in [0.15, 0.2) is 0 Å². The normalized spacial score (nSPS) is 16.8. The van der Waals surface area contributed by atoms with Crippen LogP contribution in [0.3, 0.4) is 0 Å². The quantitative estimate of drug-likeness (QED) is 0.469. The Hall–Kier alpha value is 0.310. The van der Waals surface area contributed by atoms with Gasteiger partial charge in [-0.15, -0.1) is 0 Å². The van der Waals surface area contributed by atoms with Crippen molar-refractivity contribution in [1.82, 2.24) is 0 Å². The molecular formula is C8H19NS. The molecule has 0 spiro atoms. The summed E-state index contributed by atoms with van der Waals surface area (Å²) in [6, 6.07) is 0. The summed E-state index contributed by atoms with van der Waals surface area (Å²) >= 11 is 4.18. The summed E-state index contributed by atoms with van der Waals surface area (Å²) in [5.41, 5.74) is 5.84. The number of thiol groups is 1. The molecule has 1 atom stereocenters. The lowest BCUT2D eigenvalue weighted by atomic mass is 9.98. The fraction of sp³-hybridized carbons (Fsp3) is 1.00. The number of hydrogen-bond donors (Lipinski definition) is 2. The summed E-state index contributed by atoms with van der Waals surface area (Å²) in [7, 11) is 0. The summed E-state index contributed by atoms with van der Waals surface area (Å²) in [5.74, 6) is 0.788. The second-order valence-corrected chi connectivity index (χ2v) is 3.59. The van der Waals surface area contributed by atoms with Crippen molar-refractivity contribution >= 4 is 12.6 Å². The SMILES string of the molecule is CCCCCC(C)(N)CS. The van der Waals surface area contributed by atoms with Gasteiger partial charge in [-0.3, -0.25) is 0 Å². The van der Waals surface area contributed by atoms with Crippen LogP contribution in [0, 0.1) is 0 Å². The van der Waals surface area contributed by atoms with Crippen molar-refractivity contribution in [1.29, 1.82) is 0 Å². The number of rotatable bonds is 5. The van der Waals surface area contributed by atoms with Crippen molar-refractivity contribution in [2.75, 3.05) is 5.75 Å². The van der Waals surface area contributed by atoms with Gasteiger partial charge in [0.1, 0.15) is 0 Å². The molecule has 1 nitrogen and oxygen atoms in total. The van der Waals surface area contributed by atoms with Crippen LogP contribution >= 0.6 is 12.6 Å². The van der Waals surface area contributed by atoms with E-state index < -0.39 is 0 Å². The average molecular weight is 161 g/mol. The van der Waals surface area contributed by atoms with E-state index in [1.54, 1.807) is 0 Å². The van der Waals surface area contributed by atoms with Crippen molar-refractivity contribution in [3.05, 3.63) is 0 Å². The minimum atomic E-state index is -0.0434. The molecule has 10 heavy (non-hydrogen) atoms. The highest BCUT2D eigenvalue weighted by Gasteiger charge is 2.14. The molecule has 0 aromatic rings. The third kappa shape index (κ3) is 5.12. The molecular weight excluding hydrogens is 142 g/mol. The molecule has 0 aromatic carbocycles. The van der Waals surface area contributed by atoms with E-state index in [1.165, 1.54) is 19.3 Å². The molecule has 1 unspecified atom stereocenters. The van der Waals surface area contributed by atoms with E-state index in [0.717, 1.165) is 12.2 Å². The molecule has 0 aliphatic carbocycles. The second kappa shape index (κ2) is 5.03. The zero-order valence-electron chi connectivity index (χ0n) is 7.06. The van der Waals surface area contributed by atoms with Gasteiger partial charge in [0.15, 0.2) is 0 Å². The fourth-order valence-corrected chi connectivity index (χ4v) is 1.02. The molecule has 0 heterocycles. The number of unbranched alkanes of at least 4 members (excludes halogenated alkanes) is 2. The van der Waals surface area contributed by atoms with Gasteiger partial charge in [-0.05, 0) is 13.3 Å². The van der Waals surface area contributed by atoms with E-state index in [2.05, 4.69) is 26.5 Å². The maximum absolute atomic E-state index is 5.88. The molecule has 2 heteroatoms. The molecule has 0 radical (unpaired) electrons. The maximum Gasteiger partial charge on any atom is 0.0214 e. The summed E-state index contributed by atoms with van der Waals surface area (Å²) in [5, 5.41) is 0. The topological polar surface area (TPSA) is 26.0 Å². The predicted octanol–water partition coefficient (Wildman–Crippen LogP) is 2.21. The highest BCUT2D eigenvalue weighted by molar-refractivity contribution is 7.80. The highest BCUT2D eigenvalue weighted by Crippen LogP contribution is 2.12. The summed E-state index contributed by atoms with van der Waals surface area (Å²) in [4.78, 5) is 0. The van der Waals surface area contributed by atoms with Crippen molar-refractivity contribution in [2.24, 2.45) is 5.73 Å². The van der Waals surface area contributed by atoms with Gasteiger partial charge in [0.2, 0.25) is 0 Å². The zero-order valence-corrected chi connectivity index (χ0v) is 7.95. The monoisotopic (exact) mass is 161 g/mol. The van der Waals surface area contributed by atoms with E-state index in [9.17, 15) is 0 Å². The van der Waals surface area contributed by atoms with Gasteiger partial charge in [0.05, 0.1) is 0 Å². The summed E-state index contributed by atoms with van der Waals surface area (Å²) < 4.78 is 0. The average Bonchev–Trinajstić information content (AvgIpc) is 1.89. The Kier molecular flexibility index (Phi) is 5.18. The van der Waals surface area contributed by atoms with Gasteiger partial charge in [-0.2, -0.15) is 12.6 Å². The van der Waals surface area contributed by atoms with E-state index in [4.69, 9.17) is 5.73 Å². The largest absolute Gasteiger partial charge is 0.325 e. The number of nitrogens with two attached hydrogens (primary N) is 1. The van der Waals surface area contributed by atoms with Crippen molar-refractivity contribution in [3.8, 4) is 0 Å². The lowest BCUT2D eigenvalue weighted by Crippen LogP contribution is -2.37. The maximum atomic E-state index is 5.88. The van der Waals surface area contributed by atoms with Crippen molar-refractivity contribution < 1.29 is 0 Å². The molecule has 0 rings (SSSR count). The van der Waals surface area contributed by atoms with Gasteiger partial charge in [-0.1, -0.05) is 26.2 Å². The molecule has 0 fully saturated rings. The zero-order chi connectivity index (χ0) is 8.04. The Morgan fingerprint density at radius 1 is 1.40 bits per heavy atom. The second-order valence-electron chi connectivity index (χ2n) is 3.27. The van der Waals surface area contributed by atoms with E-state index >= 15 is 0 Å². The standard InChI is InChI=1S/C8H19NS/c1-3-4-5-6-8(2,9)7-10/h10H,3-7,9H2,1-2H3. The Balaban J connectivity index is 3.28. The lowest BCUT2D eigenvalue weighted by Gasteiger charge is -2.21. The van der Waals surface area contributed by atoms with Gasteiger partial charge in [0.25, 0.3) is 0 Å². The molecule has 0 saturated carbocycles. The molecule has 0 amide bonds. The fourth-order valence-electron chi connectivity index (χ4n) is 0.858. The van der Waals surface area contributed by atoms with Crippen molar-refractivity contribution in [2.45, 2.75) is 45.1 Å². The van der Waals surface area contributed by atoms with Crippen LogP contribution in [-0.4, -0.2) is 11.3 Å². The summed E-state index contributed by atoms with van der Waals surface area (Å²) in [6.07, 6.45) is 4.90. The van der Waals surface area contributed by atoms with Crippen molar-refractivity contribution in [3.63, 3.8) is 0 Å². The Bertz CT molecular complexity index is 81.3. The first-order valence-corrected chi connectivity index (χ1v) is 4.65. The Labute approximate surface area is 69.8 Å². The predicted molar refractivity (Wildman–Crippen MR) is 50.6 cm³/mol. The molecule has 2 N–H and O–H groups in total. The molecule has 0 aliphatic heterocycles. The van der Waals surface area contributed by atoms with Crippen LogP contribution in [0.25, 0.3) is 0 Å². The van der Waals surface area contributed by atoms with E-state index in [1.807, 2.05) is 0 Å². The van der Waals surface area contributed by atoms with E-state index in [0.29, 0.717) is 0 Å². The first-order chi connectivity index (χ1) is 4.62. The molecule has 0 bridgehead atoms.